The molecule has 0 aliphatic heterocycles. The lowest BCUT2D eigenvalue weighted by atomic mass is 9.68. The van der Waals surface area contributed by atoms with Crippen molar-refractivity contribution in [2.45, 2.75) is 46.5 Å². The standard InChI is InChI=1S/C14H21IO/c1-11(9-15)6-7-14(3)8-13(10-16)5-4-12(14)2/h8-10,12H,4-7H2,1-3H3/b11-9+/t12-,14-/m1/s1. The molecule has 0 amide bonds. The maximum atomic E-state index is 10.9. The molecular weight excluding hydrogens is 311 g/mol. The first kappa shape index (κ1) is 13.9. The molecule has 0 fully saturated rings. The van der Waals surface area contributed by atoms with Crippen molar-refractivity contribution < 1.29 is 4.79 Å². The fraction of sp³-hybridized carbons (Fsp3) is 0.643. The van der Waals surface area contributed by atoms with Gasteiger partial charge in [0.1, 0.15) is 6.29 Å². The predicted octanol–water partition coefficient (Wildman–Crippen LogP) is 4.67. The average molecular weight is 332 g/mol. The molecule has 1 aliphatic rings. The summed E-state index contributed by atoms with van der Waals surface area (Å²) in [5.74, 6) is 0.679. The number of rotatable bonds is 4. The highest BCUT2D eigenvalue weighted by molar-refractivity contribution is 14.1. The van der Waals surface area contributed by atoms with E-state index in [0.29, 0.717) is 5.92 Å². The van der Waals surface area contributed by atoms with Gasteiger partial charge in [-0.2, -0.15) is 0 Å². The van der Waals surface area contributed by atoms with Gasteiger partial charge in [-0.05, 0) is 53.6 Å². The van der Waals surface area contributed by atoms with E-state index in [0.717, 1.165) is 37.5 Å². The van der Waals surface area contributed by atoms with Crippen LogP contribution >= 0.6 is 22.6 Å². The molecule has 0 unspecified atom stereocenters. The molecule has 1 rings (SSSR count). The highest BCUT2D eigenvalue weighted by Crippen LogP contribution is 2.42. The highest BCUT2D eigenvalue weighted by atomic mass is 127. The van der Waals surface area contributed by atoms with Crippen molar-refractivity contribution in [3.05, 3.63) is 21.3 Å². The minimum Gasteiger partial charge on any atom is -0.298 e. The Balaban J connectivity index is 2.75. The Hall–Kier alpha value is -0.120. The summed E-state index contributed by atoms with van der Waals surface area (Å²) in [6.45, 7) is 6.77. The lowest BCUT2D eigenvalue weighted by Crippen LogP contribution is -2.27. The van der Waals surface area contributed by atoms with Crippen LogP contribution in [0.3, 0.4) is 0 Å². The number of carbonyl (C=O) groups excluding carboxylic acids is 1. The molecule has 2 atom stereocenters. The second-order valence-corrected chi connectivity index (χ2v) is 5.86. The van der Waals surface area contributed by atoms with Gasteiger partial charge in [-0.1, -0.05) is 48.1 Å². The van der Waals surface area contributed by atoms with Crippen molar-refractivity contribution >= 4 is 28.9 Å². The third-order valence-electron chi connectivity index (χ3n) is 3.90. The van der Waals surface area contributed by atoms with Gasteiger partial charge in [-0.3, -0.25) is 4.79 Å². The van der Waals surface area contributed by atoms with Crippen LogP contribution < -0.4 is 0 Å². The van der Waals surface area contributed by atoms with Gasteiger partial charge in [0, 0.05) is 0 Å². The molecule has 0 aromatic carbocycles. The SMILES string of the molecule is C/C(=C\I)CC[C@]1(C)C=C(C=O)CC[C@H]1C. The van der Waals surface area contributed by atoms with Crippen LogP contribution in [0.5, 0.6) is 0 Å². The maximum absolute atomic E-state index is 10.9. The van der Waals surface area contributed by atoms with Gasteiger partial charge in [0.05, 0.1) is 0 Å². The number of carbonyl (C=O) groups is 1. The molecule has 0 aromatic heterocycles. The van der Waals surface area contributed by atoms with Gasteiger partial charge in [0.2, 0.25) is 0 Å². The molecule has 0 spiro atoms. The molecule has 16 heavy (non-hydrogen) atoms. The van der Waals surface area contributed by atoms with Crippen LogP contribution in [-0.4, -0.2) is 6.29 Å². The van der Waals surface area contributed by atoms with E-state index in [2.05, 4.69) is 53.5 Å². The quantitative estimate of drug-likeness (QED) is 0.540. The Morgan fingerprint density at radius 1 is 1.69 bits per heavy atom. The number of hydrogen-bond donors (Lipinski definition) is 0. The summed E-state index contributed by atoms with van der Waals surface area (Å²) in [6, 6.07) is 0. The minimum atomic E-state index is 0.204. The van der Waals surface area contributed by atoms with Crippen LogP contribution in [-0.2, 0) is 4.79 Å². The van der Waals surface area contributed by atoms with E-state index in [-0.39, 0.29) is 5.41 Å². The second-order valence-electron chi connectivity index (χ2n) is 5.24. The molecule has 0 bridgehead atoms. The number of allylic oxidation sites excluding steroid dienone is 3. The Labute approximate surface area is 113 Å². The van der Waals surface area contributed by atoms with Crippen molar-refractivity contribution in [1.82, 2.24) is 0 Å². The molecule has 0 heterocycles. The Morgan fingerprint density at radius 3 is 2.94 bits per heavy atom. The number of hydrogen-bond acceptors (Lipinski definition) is 1. The number of halogens is 1. The summed E-state index contributed by atoms with van der Waals surface area (Å²) in [6.07, 6.45) is 7.64. The summed E-state index contributed by atoms with van der Waals surface area (Å²) in [5, 5.41) is 0. The van der Waals surface area contributed by atoms with Crippen LogP contribution in [0, 0.1) is 11.3 Å². The van der Waals surface area contributed by atoms with Crippen LogP contribution in [0.4, 0.5) is 0 Å². The van der Waals surface area contributed by atoms with E-state index >= 15 is 0 Å². The summed E-state index contributed by atoms with van der Waals surface area (Å²) in [5.41, 5.74) is 2.63. The van der Waals surface area contributed by atoms with Crippen LogP contribution in [0.2, 0.25) is 0 Å². The zero-order valence-electron chi connectivity index (χ0n) is 10.4. The molecule has 0 saturated heterocycles. The van der Waals surface area contributed by atoms with Crippen molar-refractivity contribution in [2.24, 2.45) is 11.3 Å². The molecule has 90 valence electrons. The average Bonchev–Trinajstić information content (AvgIpc) is 2.30. The lowest BCUT2D eigenvalue weighted by Gasteiger charge is -2.37. The topological polar surface area (TPSA) is 17.1 Å². The van der Waals surface area contributed by atoms with Crippen molar-refractivity contribution in [3.8, 4) is 0 Å². The van der Waals surface area contributed by atoms with Gasteiger partial charge in [-0.15, -0.1) is 0 Å². The summed E-state index contributed by atoms with van der Waals surface area (Å²) < 4.78 is 2.15. The van der Waals surface area contributed by atoms with E-state index in [9.17, 15) is 4.79 Å². The van der Waals surface area contributed by atoms with E-state index in [1.807, 2.05) is 0 Å². The van der Waals surface area contributed by atoms with Gasteiger partial charge < -0.3 is 0 Å². The smallest absolute Gasteiger partial charge is 0.145 e. The summed E-state index contributed by atoms with van der Waals surface area (Å²) in [4.78, 5) is 10.9. The molecular formula is C14H21IO. The third kappa shape index (κ3) is 3.44. The molecule has 0 saturated carbocycles. The minimum absolute atomic E-state index is 0.204. The van der Waals surface area contributed by atoms with E-state index in [1.165, 1.54) is 5.57 Å². The third-order valence-corrected chi connectivity index (χ3v) is 4.97. The fourth-order valence-electron chi connectivity index (χ4n) is 2.28. The normalized spacial score (nSPS) is 31.1. The largest absolute Gasteiger partial charge is 0.298 e. The Bertz CT molecular complexity index is 317. The van der Waals surface area contributed by atoms with Gasteiger partial charge in [0.15, 0.2) is 0 Å². The molecule has 0 radical (unpaired) electrons. The predicted molar refractivity (Wildman–Crippen MR) is 77.7 cm³/mol. The summed E-state index contributed by atoms with van der Waals surface area (Å²) >= 11 is 2.30. The van der Waals surface area contributed by atoms with Gasteiger partial charge >= 0.3 is 0 Å². The Morgan fingerprint density at radius 2 is 2.38 bits per heavy atom. The van der Waals surface area contributed by atoms with E-state index in [4.69, 9.17) is 0 Å². The van der Waals surface area contributed by atoms with E-state index in [1.54, 1.807) is 0 Å². The first-order valence-corrected chi connectivity index (χ1v) is 7.19. The first-order chi connectivity index (χ1) is 7.51. The van der Waals surface area contributed by atoms with Crippen molar-refractivity contribution in [3.63, 3.8) is 0 Å². The molecule has 0 aromatic rings. The monoisotopic (exact) mass is 332 g/mol. The number of aldehydes is 1. The molecule has 1 nitrogen and oxygen atoms in total. The first-order valence-electron chi connectivity index (χ1n) is 5.94. The Kier molecular flexibility index (Phi) is 5.22. The highest BCUT2D eigenvalue weighted by Gasteiger charge is 2.32. The van der Waals surface area contributed by atoms with E-state index < -0.39 is 0 Å². The lowest BCUT2D eigenvalue weighted by molar-refractivity contribution is -0.105. The summed E-state index contributed by atoms with van der Waals surface area (Å²) in [7, 11) is 0. The zero-order chi connectivity index (χ0) is 12.2. The van der Waals surface area contributed by atoms with Gasteiger partial charge in [0.25, 0.3) is 0 Å². The second kappa shape index (κ2) is 5.99. The maximum Gasteiger partial charge on any atom is 0.145 e. The molecule has 1 aliphatic carbocycles. The molecule has 0 N–H and O–H groups in total. The van der Waals surface area contributed by atoms with Gasteiger partial charge in [-0.25, -0.2) is 0 Å². The zero-order valence-corrected chi connectivity index (χ0v) is 12.6. The van der Waals surface area contributed by atoms with Crippen molar-refractivity contribution in [2.75, 3.05) is 0 Å². The molecule has 2 heteroatoms. The van der Waals surface area contributed by atoms with Crippen LogP contribution in [0.1, 0.15) is 46.5 Å². The fourth-order valence-corrected chi connectivity index (χ4v) is 2.59. The van der Waals surface area contributed by atoms with Crippen LogP contribution in [0.25, 0.3) is 0 Å². The van der Waals surface area contributed by atoms with Crippen LogP contribution in [0.15, 0.2) is 21.3 Å². The van der Waals surface area contributed by atoms with Crippen molar-refractivity contribution in [1.29, 1.82) is 0 Å².